The first-order valence-corrected chi connectivity index (χ1v) is 5.09. The van der Waals surface area contributed by atoms with Gasteiger partial charge in [-0.25, -0.2) is 4.98 Å². The molecule has 1 unspecified atom stereocenters. The summed E-state index contributed by atoms with van der Waals surface area (Å²) in [6.07, 6.45) is 1.12. The van der Waals surface area contributed by atoms with E-state index in [1.165, 1.54) is 0 Å². The quantitative estimate of drug-likeness (QED) is 0.728. The number of nitrogens with zero attached hydrogens (tertiary/aromatic N) is 1. The fourth-order valence-electron chi connectivity index (χ4n) is 0.986. The lowest BCUT2D eigenvalue weighted by Crippen LogP contribution is -2.08. The lowest BCUT2D eigenvalue weighted by Gasteiger charge is -2.05. The second kappa shape index (κ2) is 5.32. The Morgan fingerprint density at radius 3 is 2.92 bits per heavy atom. The highest BCUT2D eigenvalue weighted by molar-refractivity contribution is 7.09. The fraction of sp³-hybridized carbons (Fsp3) is 0.667. The van der Waals surface area contributed by atoms with Crippen LogP contribution in [0.15, 0.2) is 5.38 Å². The van der Waals surface area contributed by atoms with Gasteiger partial charge in [-0.15, -0.1) is 11.3 Å². The van der Waals surface area contributed by atoms with Crippen molar-refractivity contribution in [2.24, 2.45) is 0 Å². The molecule has 1 atom stereocenters. The molecule has 1 aromatic rings. The molecule has 0 fully saturated rings. The zero-order valence-corrected chi connectivity index (χ0v) is 9.06. The summed E-state index contributed by atoms with van der Waals surface area (Å²) in [4.78, 5) is 4.40. The van der Waals surface area contributed by atoms with Gasteiger partial charge in [0, 0.05) is 26.0 Å². The predicted octanol–water partition coefficient (Wildman–Crippen LogP) is 1.87. The van der Waals surface area contributed by atoms with Crippen molar-refractivity contribution in [2.45, 2.75) is 26.1 Å². The van der Waals surface area contributed by atoms with Crippen molar-refractivity contribution in [3.63, 3.8) is 0 Å². The third-order valence-corrected chi connectivity index (χ3v) is 2.68. The second-order valence-corrected chi connectivity index (χ2v) is 3.86. The van der Waals surface area contributed by atoms with Gasteiger partial charge in [0.05, 0.1) is 23.4 Å². The highest BCUT2D eigenvalue weighted by atomic mass is 32.1. The molecule has 0 aliphatic rings. The van der Waals surface area contributed by atoms with Gasteiger partial charge in [-0.05, 0) is 6.92 Å². The highest BCUT2D eigenvalue weighted by Crippen LogP contribution is 2.13. The topological polar surface area (TPSA) is 31.4 Å². The van der Waals surface area contributed by atoms with E-state index in [0.29, 0.717) is 6.61 Å². The summed E-state index contributed by atoms with van der Waals surface area (Å²) in [7, 11) is 3.39. The third-order valence-electron chi connectivity index (χ3n) is 1.76. The molecule has 1 heterocycles. The Hall–Kier alpha value is -0.450. The van der Waals surface area contributed by atoms with E-state index in [0.717, 1.165) is 17.1 Å². The van der Waals surface area contributed by atoms with Gasteiger partial charge >= 0.3 is 0 Å². The molecular weight excluding hydrogens is 186 g/mol. The average Bonchev–Trinajstić information content (AvgIpc) is 2.53. The summed E-state index contributed by atoms with van der Waals surface area (Å²) in [6, 6.07) is 0. The van der Waals surface area contributed by atoms with E-state index in [4.69, 9.17) is 9.47 Å². The van der Waals surface area contributed by atoms with Crippen LogP contribution in [0, 0.1) is 0 Å². The third kappa shape index (κ3) is 3.42. The molecule has 0 N–H and O–H groups in total. The molecule has 0 aromatic carbocycles. The molecule has 13 heavy (non-hydrogen) atoms. The lowest BCUT2D eigenvalue weighted by molar-refractivity contribution is 0.118. The van der Waals surface area contributed by atoms with E-state index in [9.17, 15) is 0 Å². The number of methoxy groups -OCH3 is 2. The second-order valence-electron chi connectivity index (χ2n) is 2.92. The van der Waals surface area contributed by atoms with Crippen molar-refractivity contribution in [3.8, 4) is 0 Å². The molecule has 1 aromatic heterocycles. The molecule has 0 aliphatic carbocycles. The van der Waals surface area contributed by atoms with E-state index in [1.807, 2.05) is 12.3 Å². The van der Waals surface area contributed by atoms with E-state index >= 15 is 0 Å². The molecule has 74 valence electrons. The first-order chi connectivity index (χ1) is 6.26. The summed E-state index contributed by atoms with van der Waals surface area (Å²) in [6.45, 7) is 2.63. The zero-order chi connectivity index (χ0) is 9.68. The number of hydrogen-bond donors (Lipinski definition) is 0. The summed E-state index contributed by atoms with van der Waals surface area (Å²) in [5, 5.41) is 3.14. The van der Waals surface area contributed by atoms with E-state index in [1.54, 1.807) is 25.6 Å². The lowest BCUT2D eigenvalue weighted by atomic mass is 10.3. The minimum atomic E-state index is 0.238. The maximum absolute atomic E-state index is 5.16. The van der Waals surface area contributed by atoms with Crippen LogP contribution in [-0.2, 0) is 22.5 Å². The fourth-order valence-corrected chi connectivity index (χ4v) is 1.88. The van der Waals surface area contributed by atoms with Gasteiger partial charge in [0.15, 0.2) is 0 Å². The van der Waals surface area contributed by atoms with Gasteiger partial charge in [-0.1, -0.05) is 0 Å². The van der Waals surface area contributed by atoms with Crippen molar-refractivity contribution < 1.29 is 9.47 Å². The van der Waals surface area contributed by atoms with Crippen LogP contribution < -0.4 is 0 Å². The normalized spacial score (nSPS) is 13.2. The predicted molar refractivity (Wildman–Crippen MR) is 53.0 cm³/mol. The Morgan fingerprint density at radius 1 is 1.54 bits per heavy atom. The van der Waals surface area contributed by atoms with Crippen LogP contribution in [0.1, 0.15) is 17.6 Å². The smallest absolute Gasteiger partial charge is 0.0955 e. The minimum absolute atomic E-state index is 0.238. The molecule has 1 rings (SSSR count). The van der Waals surface area contributed by atoms with Crippen LogP contribution in [0.5, 0.6) is 0 Å². The molecule has 4 heteroatoms. The summed E-state index contributed by atoms with van der Waals surface area (Å²) < 4.78 is 10.1. The van der Waals surface area contributed by atoms with Gasteiger partial charge in [0.1, 0.15) is 0 Å². The Labute approximate surface area is 82.7 Å². The largest absolute Gasteiger partial charge is 0.381 e. The van der Waals surface area contributed by atoms with E-state index < -0.39 is 0 Å². The molecule has 0 saturated carbocycles. The monoisotopic (exact) mass is 201 g/mol. The van der Waals surface area contributed by atoms with E-state index in [2.05, 4.69) is 4.98 Å². The van der Waals surface area contributed by atoms with Crippen LogP contribution in [0.2, 0.25) is 0 Å². The molecule has 0 bridgehead atoms. The Balaban J connectivity index is 2.48. The minimum Gasteiger partial charge on any atom is -0.381 e. The summed E-state index contributed by atoms with van der Waals surface area (Å²) in [5.74, 6) is 0. The van der Waals surface area contributed by atoms with Gasteiger partial charge in [-0.3, -0.25) is 0 Å². The van der Waals surface area contributed by atoms with Gasteiger partial charge < -0.3 is 9.47 Å². The summed E-state index contributed by atoms with van der Waals surface area (Å²) in [5.41, 5.74) is 1.01. The molecular formula is C9H15NO2S. The maximum atomic E-state index is 5.16. The first kappa shape index (κ1) is 10.6. The van der Waals surface area contributed by atoms with Crippen molar-refractivity contribution >= 4 is 11.3 Å². The van der Waals surface area contributed by atoms with Crippen LogP contribution in [0.3, 0.4) is 0 Å². The molecule has 0 saturated heterocycles. The molecule has 0 radical (unpaired) electrons. The number of aromatic nitrogens is 1. The number of hydrogen-bond acceptors (Lipinski definition) is 4. The van der Waals surface area contributed by atoms with Crippen LogP contribution in [0.25, 0.3) is 0 Å². The zero-order valence-electron chi connectivity index (χ0n) is 8.24. The Kier molecular flexibility index (Phi) is 4.35. The van der Waals surface area contributed by atoms with Crippen molar-refractivity contribution in [3.05, 3.63) is 16.1 Å². The van der Waals surface area contributed by atoms with E-state index in [-0.39, 0.29) is 6.10 Å². The summed E-state index contributed by atoms with van der Waals surface area (Å²) >= 11 is 1.66. The van der Waals surface area contributed by atoms with Crippen LogP contribution >= 0.6 is 11.3 Å². The standard InChI is InChI=1S/C9H15NO2S/c1-7(12-3)4-9-10-8(5-11-2)6-13-9/h6-7H,4-5H2,1-3H3. The van der Waals surface area contributed by atoms with Crippen molar-refractivity contribution in [2.75, 3.05) is 14.2 Å². The van der Waals surface area contributed by atoms with Gasteiger partial charge in [0.2, 0.25) is 0 Å². The van der Waals surface area contributed by atoms with Gasteiger partial charge in [0.25, 0.3) is 0 Å². The SMILES string of the molecule is COCc1csc(CC(C)OC)n1. The molecule has 0 aliphatic heterocycles. The Bertz CT molecular complexity index is 250. The van der Waals surface area contributed by atoms with Crippen LogP contribution in [-0.4, -0.2) is 25.3 Å². The van der Waals surface area contributed by atoms with Crippen LogP contribution in [0.4, 0.5) is 0 Å². The number of rotatable bonds is 5. The maximum Gasteiger partial charge on any atom is 0.0955 e. The molecule has 3 nitrogen and oxygen atoms in total. The highest BCUT2D eigenvalue weighted by Gasteiger charge is 2.06. The average molecular weight is 201 g/mol. The van der Waals surface area contributed by atoms with Gasteiger partial charge in [-0.2, -0.15) is 0 Å². The number of ether oxygens (including phenoxy) is 2. The first-order valence-electron chi connectivity index (χ1n) is 4.21. The number of thiazole rings is 1. The van der Waals surface area contributed by atoms with Crippen molar-refractivity contribution in [1.82, 2.24) is 4.98 Å². The Morgan fingerprint density at radius 2 is 2.31 bits per heavy atom. The molecule has 0 spiro atoms. The molecule has 0 amide bonds. The van der Waals surface area contributed by atoms with Crippen molar-refractivity contribution in [1.29, 1.82) is 0 Å².